The first-order chi connectivity index (χ1) is 15.4. The van der Waals surface area contributed by atoms with Gasteiger partial charge in [-0.3, -0.25) is 0 Å². The maximum absolute atomic E-state index is 6.36. The van der Waals surface area contributed by atoms with E-state index in [4.69, 9.17) is 11.6 Å². The first-order valence-electron chi connectivity index (χ1n) is 12.7. The molecule has 2 aromatic rings. The van der Waals surface area contributed by atoms with Gasteiger partial charge in [-0.15, -0.1) is 11.6 Å². The molecule has 0 aliphatic heterocycles. The minimum atomic E-state index is -3.15. The van der Waals surface area contributed by atoms with E-state index >= 15 is 0 Å². The summed E-state index contributed by atoms with van der Waals surface area (Å²) in [5.74, 6) is 0. The third-order valence-corrected chi connectivity index (χ3v) is 37.8. The summed E-state index contributed by atoms with van der Waals surface area (Å²) in [6.07, 6.45) is 4.88. The Hall–Kier alpha value is -0.256. The van der Waals surface area contributed by atoms with Crippen LogP contribution in [0.3, 0.4) is 0 Å². The van der Waals surface area contributed by atoms with Gasteiger partial charge in [-0.1, -0.05) is 39.3 Å². The Morgan fingerprint density at radius 2 is 1.03 bits per heavy atom. The number of rotatable bonds is 4. The van der Waals surface area contributed by atoms with E-state index in [1.54, 1.807) is 22.3 Å². The molecule has 0 amide bonds. The predicted octanol–water partition coefficient (Wildman–Crippen LogP) is 8.99. The number of hydrogen-bond donors (Lipinski definition) is 0. The maximum atomic E-state index is 6.36. The van der Waals surface area contributed by atoms with Crippen molar-refractivity contribution >= 4 is 46.8 Å². The molecule has 5 heteroatoms. The summed E-state index contributed by atoms with van der Waals surface area (Å²) in [4.78, 5) is 0. The average molecular weight is 605 g/mol. The summed E-state index contributed by atoms with van der Waals surface area (Å²) in [5, 5.41) is 0. The van der Waals surface area contributed by atoms with E-state index in [1.165, 1.54) is 11.1 Å². The van der Waals surface area contributed by atoms with E-state index in [-0.39, 0.29) is 0 Å². The molecule has 0 spiro atoms. The van der Waals surface area contributed by atoms with Crippen molar-refractivity contribution in [3.63, 3.8) is 0 Å². The van der Waals surface area contributed by atoms with Crippen molar-refractivity contribution in [1.82, 2.24) is 0 Å². The number of hydrogen-bond acceptors (Lipinski definition) is 0. The first kappa shape index (κ1) is 28.3. The van der Waals surface area contributed by atoms with Crippen LogP contribution in [0.4, 0.5) is 0 Å². The van der Waals surface area contributed by atoms with Gasteiger partial charge in [0.1, 0.15) is 0 Å². The van der Waals surface area contributed by atoms with Crippen LogP contribution in [0.25, 0.3) is 12.2 Å². The molecule has 0 fully saturated rings. The van der Waals surface area contributed by atoms with E-state index in [1.807, 2.05) is 0 Å². The fourth-order valence-electron chi connectivity index (χ4n) is 6.94. The summed E-state index contributed by atoms with van der Waals surface area (Å²) in [7, 11) is -2.14. The van der Waals surface area contributed by atoms with Crippen molar-refractivity contribution in [2.45, 2.75) is 74.3 Å². The van der Waals surface area contributed by atoms with Gasteiger partial charge < -0.3 is 0 Å². The molecule has 184 valence electrons. The zero-order chi connectivity index (χ0) is 25.7. The molecule has 0 radical (unpaired) electrons. The second-order valence-electron chi connectivity index (χ2n) is 13.9. The van der Waals surface area contributed by atoms with Crippen LogP contribution in [0.5, 0.6) is 0 Å². The van der Waals surface area contributed by atoms with Crippen LogP contribution < -0.4 is 0 Å². The van der Waals surface area contributed by atoms with Crippen LogP contribution in [0.1, 0.15) is 43.4 Å². The van der Waals surface area contributed by atoms with Crippen LogP contribution >= 0.6 is 11.6 Å². The van der Waals surface area contributed by atoms with Crippen LogP contribution in [-0.4, -0.2) is 27.7 Å². The van der Waals surface area contributed by atoms with Crippen LogP contribution in [0, 0.1) is 0 Å². The molecule has 0 bridgehead atoms. The summed E-state index contributed by atoms with van der Waals surface area (Å²) in [5.41, 5.74) is 9.22. The fourth-order valence-corrected chi connectivity index (χ4v) is 38.6. The molecule has 2 atom stereocenters. The predicted molar refractivity (Wildman–Crippen MR) is 162 cm³/mol. The van der Waals surface area contributed by atoms with Crippen molar-refractivity contribution < 1.29 is 17.4 Å². The van der Waals surface area contributed by atoms with E-state index in [0.717, 1.165) is 0 Å². The number of benzene rings is 2. The molecular formula is C29H45ClSi3Zr. The van der Waals surface area contributed by atoms with E-state index in [9.17, 15) is 0 Å². The Balaban J connectivity index is 0.000000277. The van der Waals surface area contributed by atoms with Gasteiger partial charge in [0.05, 0.1) is 16.1 Å². The molecule has 0 saturated carbocycles. The van der Waals surface area contributed by atoms with Gasteiger partial charge in [0.25, 0.3) is 0 Å². The molecule has 0 aromatic heterocycles. The van der Waals surface area contributed by atoms with E-state index < -0.39 is 33.5 Å². The fraction of sp³-hybridized carbons (Fsp3) is 0.448. The number of halogens is 1. The molecule has 2 aliphatic rings. The van der Waals surface area contributed by atoms with Gasteiger partial charge in [0.2, 0.25) is 0 Å². The SMILES string of the molecule is CC1=Cc2ccccc2[CH]1[Zr]([CH3])([CH3])(=[SiH2])[CH]1C(C)=Cc2ccccc21.C[Si](C)(C)C(Cl)[Si](C)(C)C. The summed E-state index contributed by atoms with van der Waals surface area (Å²) in [6.45, 7) is 21.2. The Kier molecular flexibility index (Phi) is 7.96. The smallest absolute Gasteiger partial charge is 0.0613 e. The van der Waals surface area contributed by atoms with E-state index in [0.29, 0.717) is 11.9 Å². The topological polar surface area (TPSA) is 0 Å². The van der Waals surface area contributed by atoms with Crippen molar-refractivity contribution in [3.05, 3.63) is 81.9 Å². The largest absolute Gasteiger partial charge is 0.130 e. The van der Waals surface area contributed by atoms with Crippen molar-refractivity contribution in [2.75, 3.05) is 0 Å². The van der Waals surface area contributed by atoms with Crippen LogP contribution in [0.2, 0.25) is 48.5 Å². The molecule has 0 saturated heterocycles. The zero-order valence-corrected chi connectivity index (χ0v) is 29.7. The molecule has 2 aliphatic carbocycles. The molecule has 0 N–H and O–H groups in total. The molecule has 2 aromatic carbocycles. The van der Waals surface area contributed by atoms with Crippen LogP contribution in [0.15, 0.2) is 59.7 Å². The summed E-state index contributed by atoms with van der Waals surface area (Å²) in [6, 6.07) is 18.1. The third-order valence-electron chi connectivity index (χ3n) is 7.71. The number of allylic oxidation sites excluding steroid dienone is 2. The Morgan fingerprint density at radius 3 is 1.32 bits per heavy atom. The second kappa shape index (κ2) is 9.56. The normalized spacial score (nSPS) is 20.3. The average Bonchev–Trinajstić information content (AvgIpc) is 3.22. The van der Waals surface area contributed by atoms with Gasteiger partial charge in [0, 0.05) is 4.62 Å². The minimum absolute atomic E-state index is 0.514. The van der Waals surface area contributed by atoms with Crippen molar-refractivity contribution in [1.29, 1.82) is 0 Å². The molecular weight excluding hydrogens is 559 g/mol. The van der Waals surface area contributed by atoms with Gasteiger partial charge >= 0.3 is 149 Å². The monoisotopic (exact) mass is 602 g/mol. The summed E-state index contributed by atoms with van der Waals surface area (Å²) >= 11 is 3.21. The van der Waals surface area contributed by atoms with Crippen molar-refractivity contribution in [2.24, 2.45) is 0 Å². The van der Waals surface area contributed by atoms with Gasteiger partial charge in [0.15, 0.2) is 0 Å². The van der Waals surface area contributed by atoms with Gasteiger partial charge in [-0.25, -0.2) is 0 Å². The number of fused-ring (bicyclic) bond motifs is 2. The van der Waals surface area contributed by atoms with Gasteiger partial charge in [-0.05, 0) is 0 Å². The zero-order valence-electron chi connectivity index (χ0n) is 23.1. The maximum Gasteiger partial charge on any atom is 0.0613 e. The molecule has 2 unspecified atom stereocenters. The third kappa shape index (κ3) is 5.52. The molecule has 0 nitrogen and oxygen atoms in total. The molecule has 34 heavy (non-hydrogen) atoms. The molecule has 0 heterocycles. The summed E-state index contributed by atoms with van der Waals surface area (Å²) < 4.78 is 7.20. The second-order valence-corrected chi connectivity index (χ2v) is 56.8. The molecule has 4 rings (SSSR count). The quantitative estimate of drug-likeness (QED) is 0.241. The Bertz CT molecular complexity index is 1120. The van der Waals surface area contributed by atoms with Crippen LogP contribution in [-0.2, 0) is 17.4 Å². The van der Waals surface area contributed by atoms with E-state index in [2.05, 4.69) is 130 Å². The standard InChI is InChI=1S/2C10H9.C7H19ClSi2.2CH3.H2Si.Zr/c2*1-8-6-9-4-2-3-5-10(9)7-8;1-9(2,3)7(8)10(4,5)6;;;;/h2*2-7H,1H3;7H,1-6H3;2*1H3;1H2;. The number of alkyl halides is 1. The van der Waals surface area contributed by atoms with Gasteiger partial charge in [-0.2, -0.15) is 0 Å². The Labute approximate surface area is 218 Å². The Morgan fingerprint density at radius 1 is 0.706 bits per heavy atom. The first-order valence-corrected chi connectivity index (χ1v) is 34.0. The van der Waals surface area contributed by atoms with Crippen molar-refractivity contribution in [3.8, 4) is 0 Å². The minimum Gasteiger partial charge on any atom is -0.130 e.